The first-order valence-corrected chi connectivity index (χ1v) is 20.0. The molecule has 47 heavy (non-hydrogen) atoms. The minimum Gasteiger partial charge on any atom is -0.462 e. The molecule has 7 nitrogen and oxygen atoms in total. The first-order chi connectivity index (χ1) is 22.8. The fourth-order valence-corrected chi connectivity index (χ4v) is 6.12. The predicted molar refractivity (Wildman–Crippen MR) is 201 cm³/mol. The van der Waals surface area contributed by atoms with Crippen LogP contribution < -0.4 is 0 Å². The van der Waals surface area contributed by atoms with Crippen LogP contribution in [0.2, 0.25) is 0 Å². The lowest BCUT2D eigenvalue weighted by Crippen LogP contribution is -2.31. The molecule has 0 bridgehead atoms. The van der Waals surface area contributed by atoms with Gasteiger partial charge >= 0.3 is 11.9 Å². The van der Waals surface area contributed by atoms with Gasteiger partial charge in [-0.2, -0.15) is 0 Å². The Labute approximate surface area is 294 Å². The third-order valence-electron chi connectivity index (χ3n) is 8.08. The van der Waals surface area contributed by atoms with Crippen molar-refractivity contribution in [2.24, 2.45) is 0 Å². The average molecular weight is 681 g/mol. The van der Waals surface area contributed by atoms with Gasteiger partial charge in [0.1, 0.15) is 12.7 Å². The molecule has 0 fully saturated rings. The largest absolute Gasteiger partial charge is 0.462 e. The number of esters is 2. The molecular weight excluding hydrogens is 609 g/mol. The van der Waals surface area contributed by atoms with E-state index in [4.69, 9.17) is 9.47 Å². The molecule has 0 N–H and O–H groups in total. The second-order valence-electron chi connectivity index (χ2n) is 13.0. The summed E-state index contributed by atoms with van der Waals surface area (Å²) in [6, 6.07) is 0. The number of thioether (sulfide) groups is 1. The van der Waals surface area contributed by atoms with Crippen LogP contribution in [0.25, 0.3) is 0 Å². The Kier molecular flexibility index (Phi) is 32.8. The van der Waals surface area contributed by atoms with Crippen molar-refractivity contribution < 1.29 is 23.9 Å². The molecular formula is C39H72N2O5S. The Morgan fingerprint density at radius 3 is 1.98 bits per heavy atom. The van der Waals surface area contributed by atoms with E-state index in [0.29, 0.717) is 39.0 Å². The molecule has 274 valence electrons. The summed E-state index contributed by atoms with van der Waals surface area (Å²) in [4.78, 5) is 41.9. The standard InChI is InChI=1S/C39H72N2O5S/c1-6-9-12-15-16-19-25-34-45-37(42)29-23-20-24-31-41(39(44)47-35-33-40(4)5)32-26-30-38(43)46-36(27-21-17-13-10-7-2)28-22-18-14-11-8-3/h13,17,19,25,36H,6-12,14-16,18,20-24,26-35H2,1-5H3/b17-13+,25-19-. The maximum atomic E-state index is 13.0. The fraction of sp³-hybridized carbons (Fsp3) is 0.821. The van der Waals surface area contributed by atoms with Crippen molar-refractivity contribution in [3.8, 4) is 0 Å². The molecule has 0 rings (SSSR count). The molecule has 0 aliphatic rings. The zero-order valence-electron chi connectivity index (χ0n) is 31.1. The zero-order chi connectivity index (χ0) is 34.8. The summed E-state index contributed by atoms with van der Waals surface area (Å²) in [7, 11) is 4.01. The van der Waals surface area contributed by atoms with Crippen LogP contribution in [-0.4, -0.2) is 79.2 Å². The number of carbonyl (C=O) groups is 3. The lowest BCUT2D eigenvalue weighted by Gasteiger charge is -2.23. The van der Waals surface area contributed by atoms with Gasteiger partial charge in [-0.05, 0) is 78.3 Å². The Morgan fingerprint density at radius 1 is 0.617 bits per heavy atom. The molecule has 0 saturated carbocycles. The monoisotopic (exact) mass is 681 g/mol. The first-order valence-electron chi connectivity index (χ1n) is 19.0. The quantitative estimate of drug-likeness (QED) is 0.0397. The molecule has 0 saturated heterocycles. The Balaban J connectivity index is 4.66. The lowest BCUT2D eigenvalue weighted by molar-refractivity contribution is -0.150. The zero-order valence-corrected chi connectivity index (χ0v) is 31.9. The number of carbonyl (C=O) groups excluding carboxylic acids is 3. The highest BCUT2D eigenvalue weighted by atomic mass is 32.2. The van der Waals surface area contributed by atoms with Gasteiger partial charge in [-0.25, -0.2) is 0 Å². The number of amides is 1. The number of unbranched alkanes of at least 4 members (excludes halogenated alkanes) is 11. The highest BCUT2D eigenvalue weighted by molar-refractivity contribution is 8.13. The van der Waals surface area contributed by atoms with Gasteiger partial charge in [0.25, 0.3) is 5.24 Å². The van der Waals surface area contributed by atoms with Crippen molar-refractivity contribution in [3.63, 3.8) is 0 Å². The third kappa shape index (κ3) is 31.2. The van der Waals surface area contributed by atoms with Crippen molar-refractivity contribution in [2.75, 3.05) is 46.1 Å². The molecule has 0 aromatic carbocycles. The Bertz CT molecular complexity index is 817. The van der Waals surface area contributed by atoms with Crippen LogP contribution in [0.3, 0.4) is 0 Å². The summed E-state index contributed by atoms with van der Waals surface area (Å²) in [5.41, 5.74) is 0. The van der Waals surface area contributed by atoms with E-state index in [-0.39, 0.29) is 23.3 Å². The van der Waals surface area contributed by atoms with Crippen molar-refractivity contribution in [2.45, 2.75) is 162 Å². The van der Waals surface area contributed by atoms with Crippen LogP contribution in [0.5, 0.6) is 0 Å². The SMILES string of the molecule is CCC/C=C/CCC(CCCCCCC)OC(=O)CCCN(CCCCCC(=O)OC/C=C\CCCCCC)C(=O)SCCN(C)C. The van der Waals surface area contributed by atoms with E-state index in [0.717, 1.165) is 76.5 Å². The van der Waals surface area contributed by atoms with E-state index < -0.39 is 0 Å². The van der Waals surface area contributed by atoms with E-state index in [2.05, 4.69) is 43.9 Å². The molecule has 0 aliphatic carbocycles. The van der Waals surface area contributed by atoms with Gasteiger partial charge in [-0.3, -0.25) is 14.4 Å². The molecule has 0 aliphatic heterocycles. The normalized spacial score (nSPS) is 12.3. The maximum absolute atomic E-state index is 13.0. The van der Waals surface area contributed by atoms with Gasteiger partial charge in [-0.1, -0.05) is 115 Å². The smallest absolute Gasteiger partial charge is 0.306 e. The Hall–Kier alpha value is -1.80. The van der Waals surface area contributed by atoms with Crippen LogP contribution in [0, 0.1) is 0 Å². The van der Waals surface area contributed by atoms with Gasteiger partial charge < -0.3 is 19.3 Å². The van der Waals surface area contributed by atoms with E-state index >= 15 is 0 Å². The summed E-state index contributed by atoms with van der Waals surface area (Å²) in [5.74, 6) is 0.414. The van der Waals surface area contributed by atoms with E-state index in [1.54, 1.807) is 0 Å². The van der Waals surface area contributed by atoms with Gasteiger partial charge in [0.05, 0.1) is 0 Å². The summed E-state index contributed by atoms with van der Waals surface area (Å²) in [6.07, 6.45) is 29.2. The minimum absolute atomic E-state index is 0.0343. The maximum Gasteiger partial charge on any atom is 0.306 e. The highest BCUT2D eigenvalue weighted by Crippen LogP contribution is 2.17. The Morgan fingerprint density at radius 2 is 1.26 bits per heavy atom. The van der Waals surface area contributed by atoms with Gasteiger partial charge in [0.15, 0.2) is 0 Å². The van der Waals surface area contributed by atoms with E-state index in [1.807, 2.05) is 25.1 Å². The summed E-state index contributed by atoms with van der Waals surface area (Å²) in [6.45, 7) is 8.95. The van der Waals surface area contributed by atoms with Gasteiger partial charge in [0, 0.05) is 38.2 Å². The van der Waals surface area contributed by atoms with Crippen molar-refractivity contribution in [1.29, 1.82) is 0 Å². The molecule has 0 heterocycles. The highest BCUT2D eigenvalue weighted by Gasteiger charge is 2.17. The molecule has 1 amide bonds. The van der Waals surface area contributed by atoms with Crippen LogP contribution in [-0.2, 0) is 19.1 Å². The molecule has 0 radical (unpaired) electrons. The van der Waals surface area contributed by atoms with E-state index in [1.165, 1.54) is 63.1 Å². The molecule has 8 heteroatoms. The fourth-order valence-electron chi connectivity index (χ4n) is 5.12. The second kappa shape index (κ2) is 34.1. The first kappa shape index (κ1) is 45.2. The van der Waals surface area contributed by atoms with E-state index in [9.17, 15) is 14.4 Å². The van der Waals surface area contributed by atoms with Crippen LogP contribution in [0.4, 0.5) is 4.79 Å². The summed E-state index contributed by atoms with van der Waals surface area (Å²) in [5, 5.41) is 0.0601. The third-order valence-corrected chi connectivity index (χ3v) is 8.97. The number of ether oxygens (including phenoxy) is 2. The van der Waals surface area contributed by atoms with Crippen LogP contribution in [0.1, 0.15) is 156 Å². The van der Waals surface area contributed by atoms with Crippen LogP contribution >= 0.6 is 11.8 Å². The number of nitrogens with zero attached hydrogens (tertiary/aromatic N) is 2. The predicted octanol–water partition coefficient (Wildman–Crippen LogP) is 10.5. The molecule has 0 aromatic heterocycles. The number of hydrogen-bond donors (Lipinski definition) is 0. The lowest BCUT2D eigenvalue weighted by atomic mass is 10.0. The van der Waals surface area contributed by atoms with Gasteiger partial charge in [0.2, 0.25) is 0 Å². The van der Waals surface area contributed by atoms with Crippen LogP contribution in [0.15, 0.2) is 24.3 Å². The van der Waals surface area contributed by atoms with Crippen molar-refractivity contribution in [3.05, 3.63) is 24.3 Å². The average Bonchev–Trinajstić information content (AvgIpc) is 3.04. The summed E-state index contributed by atoms with van der Waals surface area (Å²) < 4.78 is 11.3. The molecule has 1 atom stereocenters. The second-order valence-corrected chi connectivity index (χ2v) is 14.0. The number of hydrogen-bond acceptors (Lipinski definition) is 7. The molecule has 1 unspecified atom stereocenters. The minimum atomic E-state index is -0.164. The number of rotatable bonds is 32. The van der Waals surface area contributed by atoms with Crippen molar-refractivity contribution in [1.82, 2.24) is 9.80 Å². The van der Waals surface area contributed by atoms with Crippen molar-refractivity contribution >= 4 is 28.9 Å². The summed E-state index contributed by atoms with van der Waals surface area (Å²) >= 11 is 1.34. The molecule has 0 spiro atoms. The number of allylic oxidation sites excluding steroid dienone is 3. The van der Waals surface area contributed by atoms with Gasteiger partial charge in [-0.15, -0.1) is 0 Å². The molecule has 0 aromatic rings. The topological polar surface area (TPSA) is 76.1 Å².